The van der Waals surface area contributed by atoms with Gasteiger partial charge >= 0.3 is 0 Å². The average molecular weight is 391 g/mol. The van der Waals surface area contributed by atoms with Crippen molar-refractivity contribution in [3.05, 3.63) is 26.8 Å². The van der Waals surface area contributed by atoms with Gasteiger partial charge in [-0.2, -0.15) is 13.1 Å². The predicted molar refractivity (Wildman–Crippen MR) is 76.6 cm³/mol. The third-order valence-corrected chi connectivity index (χ3v) is 3.83. The molecule has 1 aromatic carbocycles. The van der Waals surface area contributed by atoms with E-state index in [1.807, 2.05) is 0 Å². The highest BCUT2D eigenvalue weighted by Gasteiger charge is 2.11. The third kappa shape index (κ3) is 5.38. The minimum absolute atomic E-state index is 0.202. The topological polar surface area (TPSA) is 67.4 Å². The monoisotopic (exact) mass is 390 g/mol. The summed E-state index contributed by atoms with van der Waals surface area (Å²) in [6, 6.07) is 5.05. The predicted octanol–water partition coefficient (Wildman–Crippen LogP) is 1.84. The first-order chi connectivity index (χ1) is 7.94. The van der Waals surface area contributed by atoms with E-state index in [0.717, 1.165) is 3.57 Å². The number of methoxy groups -OCH3 is 1. The van der Waals surface area contributed by atoms with Crippen molar-refractivity contribution in [2.24, 2.45) is 0 Å². The van der Waals surface area contributed by atoms with Crippen LogP contribution in [-0.2, 0) is 14.9 Å². The van der Waals surface area contributed by atoms with Crippen LogP contribution >= 0.6 is 34.2 Å². The molecule has 0 saturated heterocycles. The van der Waals surface area contributed by atoms with Crippen molar-refractivity contribution in [2.75, 3.05) is 25.0 Å². The Balaban J connectivity index is 2.69. The first-order valence-electron chi connectivity index (χ1n) is 4.66. The van der Waals surface area contributed by atoms with Crippen LogP contribution in [-0.4, -0.2) is 28.7 Å². The summed E-state index contributed by atoms with van der Waals surface area (Å²) in [5, 5.41) is 0.356. The first-order valence-corrected chi connectivity index (χ1v) is 7.60. The van der Waals surface area contributed by atoms with Crippen LogP contribution in [0.3, 0.4) is 0 Å². The number of nitrogens with one attached hydrogen (secondary N) is 2. The average Bonchev–Trinajstić information content (AvgIpc) is 2.22. The van der Waals surface area contributed by atoms with E-state index in [2.05, 4.69) is 32.0 Å². The van der Waals surface area contributed by atoms with E-state index in [4.69, 9.17) is 16.3 Å². The Hall–Kier alpha value is -0.0900. The van der Waals surface area contributed by atoms with Crippen LogP contribution in [0.4, 0.5) is 5.69 Å². The largest absolute Gasteiger partial charge is 0.383 e. The lowest BCUT2D eigenvalue weighted by Gasteiger charge is -2.10. The Kier molecular flexibility index (Phi) is 5.93. The van der Waals surface area contributed by atoms with E-state index >= 15 is 0 Å². The molecular weight excluding hydrogens is 379 g/mol. The fourth-order valence-corrected chi connectivity index (χ4v) is 2.88. The van der Waals surface area contributed by atoms with Crippen molar-refractivity contribution >= 4 is 50.1 Å². The maximum atomic E-state index is 11.6. The number of anilines is 1. The summed E-state index contributed by atoms with van der Waals surface area (Å²) < 4.78 is 33.5. The molecule has 0 aliphatic carbocycles. The van der Waals surface area contributed by atoms with Crippen molar-refractivity contribution in [2.45, 2.75) is 0 Å². The summed E-state index contributed by atoms with van der Waals surface area (Å²) in [4.78, 5) is 0. The van der Waals surface area contributed by atoms with Crippen molar-refractivity contribution in [1.29, 1.82) is 0 Å². The Morgan fingerprint density at radius 2 is 2.18 bits per heavy atom. The highest BCUT2D eigenvalue weighted by molar-refractivity contribution is 14.1. The van der Waals surface area contributed by atoms with Crippen molar-refractivity contribution < 1.29 is 13.2 Å². The molecule has 5 nitrogen and oxygen atoms in total. The summed E-state index contributed by atoms with van der Waals surface area (Å²) >= 11 is 8.01. The highest BCUT2D eigenvalue weighted by Crippen LogP contribution is 2.24. The second-order valence-corrected chi connectivity index (χ2v) is 6.27. The number of rotatable bonds is 6. The molecule has 0 heterocycles. The lowest BCUT2D eigenvalue weighted by atomic mass is 10.3. The molecule has 0 spiro atoms. The maximum absolute atomic E-state index is 11.6. The quantitative estimate of drug-likeness (QED) is 0.575. The van der Waals surface area contributed by atoms with Crippen LogP contribution in [0.25, 0.3) is 0 Å². The summed E-state index contributed by atoms with van der Waals surface area (Å²) in [6.45, 7) is 0.509. The second-order valence-electron chi connectivity index (χ2n) is 3.12. The van der Waals surface area contributed by atoms with Gasteiger partial charge < -0.3 is 4.74 Å². The number of halogens is 2. The Morgan fingerprint density at radius 1 is 1.47 bits per heavy atom. The lowest BCUT2D eigenvalue weighted by Crippen LogP contribution is -2.32. The third-order valence-electron chi connectivity index (χ3n) is 1.77. The molecule has 0 amide bonds. The van der Waals surface area contributed by atoms with Gasteiger partial charge in [0.05, 0.1) is 17.3 Å². The van der Waals surface area contributed by atoms with Gasteiger partial charge in [0, 0.05) is 17.2 Å². The van der Waals surface area contributed by atoms with E-state index in [-0.39, 0.29) is 6.54 Å². The van der Waals surface area contributed by atoms with Gasteiger partial charge in [0.25, 0.3) is 10.2 Å². The molecule has 1 rings (SSSR count). The van der Waals surface area contributed by atoms with Gasteiger partial charge in [-0.25, -0.2) is 0 Å². The van der Waals surface area contributed by atoms with Crippen molar-refractivity contribution in [1.82, 2.24) is 4.72 Å². The molecule has 8 heteroatoms. The Labute approximate surface area is 119 Å². The highest BCUT2D eigenvalue weighted by atomic mass is 127. The van der Waals surface area contributed by atoms with Crippen molar-refractivity contribution in [3.63, 3.8) is 0 Å². The van der Waals surface area contributed by atoms with Gasteiger partial charge in [0.2, 0.25) is 0 Å². The van der Waals surface area contributed by atoms with Crippen LogP contribution < -0.4 is 9.44 Å². The first kappa shape index (κ1) is 15.0. The summed E-state index contributed by atoms with van der Waals surface area (Å²) in [5.74, 6) is 0. The Morgan fingerprint density at radius 3 is 2.76 bits per heavy atom. The molecule has 0 fully saturated rings. The van der Waals surface area contributed by atoms with E-state index in [1.165, 1.54) is 7.11 Å². The summed E-state index contributed by atoms with van der Waals surface area (Å²) in [5.41, 5.74) is 0.344. The summed E-state index contributed by atoms with van der Waals surface area (Å²) in [7, 11) is -2.11. The molecule has 0 aliphatic rings. The van der Waals surface area contributed by atoms with Crippen LogP contribution in [0, 0.1) is 3.57 Å². The van der Waals surface area contributed by atoms with Gasteiger partial charge in [-0.3, -0.25) is 4.72 Å². The number of ether oxygens (including phenoxy) is 1. The van der Waals surface area contributed by atoms with Crippen LogP contribution in [0.2, 0.25) is 5.02 Å². The minimum Gasteiger partial charge on any atom is -0.383 e. The SMILES string of the molecule is COCCNS(=O)(=O)Nc1ccc(I)cc1Cl. The normalized spacial score (nSPS) is 11.5. The molecule has 96 valence electrons. The molecule has 0 unspecified atom stereocenters. The number of hydrogen-bond acceptors (Lipinski definition) is 3. The van der Waals surface area contributed by atoms with Crippen molar-refractivity contribution in [3.8, 4) is 0 Å². The van der Waals surface area contributed by atoms with Gasteiger partial charge in [-0.05, 0) is 40.8 Å². The molecule has 0 saturated carbocycles. The fourth-order valence-electron chi connectivity index (χ4n) is 1.03. The molecule has 0 aromatic heterocycles. The molecule has 2 N–H and O–H groups in total. The van der Waals surface area contributed by atoms with E-state index in [0.29, 0.717) is 17.3 Å². The van der Waals surface area contributed by atoms with E-state index in [1.54, 1.807) is 18.2 Å². The zero-order chi connectivity index (χ0) is 12.9. The maximum Gasteiger partial charge on any atom is 0.299 e. The molecular formula is C9H12ClIN2O3S. The van der Waals surface area contributed by atoms with Crippen LogP contribution in [0.5, 0.6) is 0 Å². The minimum atomic E-state index is -3.61. The van der Waals surface area contributed by atoms with Crippen LogP contribution in [0.1, 0.15) is 0 Å². The number of benzene rings is 1. The Bertz CT molecular complexity index is 481. The smallest absolute Gasteiger partial charge is 0.299 e. The standard InChI is InChI=1S/C9H12ClIN2O3S/c1-16-5-4-12-17(14,15)13-9-3-2-7(11)6-8(9)10/h2-3,6,12-13H,4-5H2,1H3. The zero-order valence-electron chi connectivity index (χ0n) is 9.04. The zero-order valence-corrected chi connectivity index (χ0v) is 12.8. The van der Waals surface area contributed by atoms with Gasteiger partial charge in [-0.1, -0.05) is 11.6 Å². The molecule has 0 atom stereocenters. The van der Waals surface area contributed by atoms with Crippen LogP contribution in [0.15, 0.2) is 18.2 Å². The van der Waals surface area contributed by atoms with Gasteiger partial charge in [0.1, 0.15) is 0 Å². The molecule has 17 heavy (non-hydrogen) atoms. The van der Waals surface area contributed by atoms with Gasteiger partial charge in [-0.15, -0.1) is 0 Å². The summed E-state index contributed by atoms with van der Waals surface area (Å²) in [6.07, 6.45) is 0. The van der Waals surface area contributed by atoms with E-state index < -0.39 is 10.2 Å². The molecule has 1 aromatic rings. The fraction of sp³-hybridized carbons (Fsp3) is 0.333. The number of hydrogen-bond donors (Lipinski definition) is 2. The van der Waals surface area contributed by atoms with Gasteiger partial charge in [0.15, 0.2) is 0 Å². The lowest BCUT2D eigenvalue weighted by molar-refractivity contribution is 0.204. The molecule has 0 radical (unpaired) electrons. The second kappa shape index (κ2) is 6.74. The molecule has 0 bridgehead atoms. The molecule has 0 aliphatic heterocycles. The van der Waals surface area contributed by atoms with E-state index in [9.17, 15) is 8.42 Å².